The zero-order chi connectivity index (χ0) is 28.1. The molecule has 0 spiro atoms. The van der Waals surface area contributed by atoms with Crippen molar-refractivity contribution >= 4 is 60.4 Å². The third-order valence-electron chi connectivity index (χ3n) is 6.89. The van der Waals surface area contributed by atoms with Gasteiger partial charge < -0.3 is 19.5 Å². The lowest BCUT2D eigenvalue weighted by atomic mass is 9.95. The van der Waals surface area contributed by atoms with Crippen LogP contribution in [0.3, 0.4) is 0 Å². The van der Waals surface area contributed by atoms with Gasteiger partial charge in [0.25, 0.3) is 11.6 Å². The number of H-pyrrole nitrogens is 1. The van der Waals surface area contributed by atoms with Crippen LogP contribution in [0.1, 0.15) is 22.0 Å². The van der Waals surface area contributed by atoms with Gasteiger partial charge in [0.15, 0.2) is 9.84 Å². The van der Waals surface area contributed by atoms with E-state index in [9.17, 15) is 23.3 Å². The molecule has 1 aromatic heterocycles. The standard InChI is InChI=1S/C27H27ClN4O6S/c1-30(2)8-9-38-18-4-7-22-16(10-18)11-23(29-22)27(33)31-15-17(14-28)26-21-12-19(39(3,36)37)5-6-20(21)24(32(34)35)13-25(26)31/h4-7,10-13,17,29H,8-9,14-15H2,1-3H3. The average molecular weight is 571 g/mol. The van der Waals surface area contributed by atoms with Crippen molar-refractivity contribution in [1.82, 2.24) is 9.88 Å². The molecule has 1 aliphatic heterocycles. The molecule has 0 saturated heterocycles. The number of anilines is 1. The second-order valence-electron chi connectivity index (χ2n) is 9.92. The number of halogens is 1. The van der Waals surface area contributed by atoms with Crippen LogP contribution in [0.2, 0.25) is 0 Å². The van der Waals surface area contributed by atoms with Crippen LogP contribution >= 0.6 is 11.6 Å². The summed E-state index contributed by atoms with van der Waals surface area (Å²) in [5, 5.41) is 13.5. The number of nitro benzene ring substituents is 1. The van der Waals surface area contributed by atoms with Crippen LogP contribution < -0.4 is 9.64 Å². The number of ether oxygens (including phenoxy) is 1. The average Bonchev–Trinajstić information content (AvgIpc) is 3.48. The number of alkyl halides is 1. The Kier molecular flexibility index (Phi) is 7.00. The maximum absolute atomic E-state index is 13.8. The summed E-state index contributed by atoms with van der Waals surface area (Å²) in [4.78, 5) is 31.9. The molecule has 1 amide bonds. The first kappa shape index (κ1) is 26.9. The summed E-state index contributed by atoms with van der Waals surface area (Å²) < 4.78 is 30.3. The van der Waals surface area contributed by atoms with Gasteiger partial charge in [0.2, 0.25) is 0 Å². The van der Waals surface area contributed by atoms with Crippen molar-refractivity contribution < 1.29 is 22.9 Å². The van der Waals surface area contributed by atoms with E-state index < -0.39 is 14.8 Å². The van der Waals surface area contributed by atoms with E-state index in [0.717, 1.165) is 23.7 Å². The predicted octanol–water partition coefficient (Wildman–Crippen LogP) is 4.56. The van der Waals surface area contributed by atoms with E-state index in [2.05, 4.69) is 4.98 Å². The van der Waals surface area contributed by atoms with Crippen molar-refractivity contribution in [2.45, 2.75) is 10.8 Å². The number of nitrogens with one attached hydrogen (secondary N) is 1. The minimum atomic E-state index is -3.57. The number of hydrogen-bond donors (Lipinski definition) is 1. The summed E-state index contributed by atoms with van der Waals surface area (Å²) in [6, 6.07) is 12.8. The molecule has 3 aromatic carbocycles. The predicted molar refractivity (Wildman–Crippen MR) is 151 cm³/mol. The van der Waals surface area contributed by atoms with Gasteiger partial charge in [-0.3, -0.25) is 14.9 Å². The highest BCUT2D eigenvalue weighted by Crippen LogP contribution is 2.46. The number of nitrogens with zero attached hydrogens (tertiary/aromatic N) is 3. The van der Waals surface area contributed by atoms with E-state index in [-0.39, 0.29) is 34.8 Å². The molecule has 0 aliphatic carbocycles. The minimum absolute atomic E-state index is 0.0371. The van der Waals surface area contributed by atoms with Crippen LogP contribution in [-0.2, 0) is 9.84 Å². The van der Waals surface area contributed by atoms with Crippen LogP contribution in [0, 0.1) is 10.1 Å². The van der Waals surface area contributed by atoms with E-state index in [1.807, 2.05) is 37.2 Å². The topological polar surface area (TPSA) is 126 Å². The molecule has 204 valence electrons. The highest BCUT2D eigenvalue weighted by atomic mass is 35.5. The molecule has 0 saturated carbocycles. The molecule has 0 fully saturated rings. The highest BCUT2D eigenvalue weighted by Gasteiger charge is 2.37. The van der Waals surface area contributed by atoms with Gasteiger partial charge in [0, 0.05) is 48.1 Å². The van der Waals surface area contributed by atoms with E-state index in [4.69, 9.17) is 16.3 Å². The second-order valence-corrected chi connectivity index (χ2v) is 12.2. The molecule has 0 bridgehead atoms. The Morgan fingerprint density at radius 2 is 1.95 bits per heavy atom. The molecule has 1 unspecified atom stereocenters. The van der Waals surface area contributed by atoms with E-state index in [0.29, 0.717) is 40.1 Å². The van der Waals surface area contributed by atoms with Crippen molar-refractivity contribution in [1.29, 1.82) is 0 Å². The Morgan fingerprint density at radius 3 is 2.62 bits per heavy atom. The molecule has 12 heteroatoms. The largest absolute Gasteiger partial charge is 0.492 e. The molecule has 5 rings (SSSR count). The first-order valence-corrected chi connectivity index (χ1v) is 14.6. The molecule has 1 atom stereocenters. The third-order valence-corrected chi connectivity index (χ3v) is 8.38. The lowest BCUT2D eigenvalue weighted by molar-refractivity contribution is -0.383. The Balaban J connectivity index is 1.58. The molecule has 0 radical (unpaired) electrons. The van der Waals surface area contributed by atoms with Gasteiger partial charge in [-0.05, 0) is 67.5 Å². The number of rotatable bonds is 8. The summed E-state index contributed by atoms with van der Waals surface area (Å²) in [7, 11) is 0.353. The number of carbonyl (C=O) groups is 1. The fourth-order valence-electron chi connectivity index (χ4n) is 4.96. The Hall–Kier alpha value is -3.67. The number of fused-ring (bicyclic) bond motifs is 4. The third kappa shape index (κ3) is 5.05. The van der Waals surface area contributed by atoms with E-state index >= 15 is 0 Å². The first-order chi connectivity index (χ1) is 18.5. The van der Waals surface area contributed by atoms with Gasteiger partial charge in [-0.2, -0.15) is 0 Å². The van der Waals surface area contributed by atoms with Gasteiger partial charge in [0.05, 0.1) is 20.9 Å². The lowest BCUT2D eigenvalue weighted by Gasteiger charge is -2.17. The monoisotopic (exact) mass is 570 g/mol. The molecule has 10 nitrogen and oxygen atoms in total. The van der Waals surface area contributed by atoms with Crippen molar-refractivity contribution in [3.8, 4) is 5.75 Å². The van der Waals surface area contributed by atoms with Crippen LogP contribution in [0.15, 0.2) is 53.4 Å². The number of benzene rings is 3. The molecule has 1 N–H and O–H groups in total. The smallest absolute Gasteiger partial charge is 0.279 e. The normalized spacial score (nSPS) is 15.3. The summed E-state index contributed by atoms with van der Waals surface area (Å²) in [5.74, 6) is 0.111. The molecular weight excluding hydrogens is 544 g/mol. The summed E-state index contributed by atoms with van der Waals surface area (Å²) >= 11 is 6.31. The number of carbonyl (C=O) groups excluding carboxylic acids is 1. The maximum atomic E-state index is 13.8. The van der Waals surface area contributed by atoms with Crippen LogP contribution in [0.5, 0.6) is 5.75 Å². The van der Waals surface area contributed by atoms with E-state index in [1.54, 1.807) is 6.07 Å². The van der Waals surface area contributed by atoms with Crippen molar-refractivity contribution in [3.05, 3.63) is 69.9 Å². The van der Waals surface area contributed by atoms with Gasteiger partial charge in [-0.25, -0.2) is 8.42 Å². The zero-order valence-corrected chi connectivity index (χ0v) is 23.2. The number of sulfone groups is 1. The molecule has 39 heavy (non-hydrogen) atoms. The fourth-order valence-corrected chi connectivity index (χ4v) is 5.86. The molecule has 1 aliphatic rings. The Morgan fingerprint density at radius 1 is 1.18 bits per heavy atom. The maximum Gasteiger partial charge on any atom is 0.279 e. The lowest BCUT2D eigenvalue weighted by Crippen LogP contribution is -2.30. The number of hydrogen-bond acceptors (Lipinski definition) is 7. The summed E-state index contributed by atoms with van der Waals surface area (Å²) in [5.41, 5.74) is 1.81. The van der Waals surface area contributed by atoms with Crippen molar-refractivity contribution in [2.24, 2.45) is 0 Å². The van der Waals surface area contributed by atoms with Crippen LogP contribution in [-0.4, -0.2) is 75.1 Å². The van der Waals surface area contributed by atoms with Crippen LogP contribution in [0.4, 0.5) is 11.4 Å². The van der Waals surface area contributed by atoms with Crippen molar-refractivity contribution in [2.75, 3.05) is 50.8 Å². The van der Waals surface area contributed by atoms with Crippen LogP contribution in [0.25, 0.3) is 21.7 Å². The summed E-state index contributed by atoms with van der Waals surface area (Å²) in [6.45, 7) is 1.48. The SMILES string of the molecule is CN(C)CCOc1ccc2[nH]c(C(=O)N3CC(CCl)c4c3cc([N+](=O)[O-])c3ccc(S(C)(=O)=O)cc43)cc2c1. The Bertz CT molecular complexity index is 1730. The summed E-state index contributed by atoms with van der Waals surface area (Å²) in [6.07, 6.45) is 1.08. The Labute approximate surface area is 230 Å². The van der Waals surface area contributed by atoms with Crippen molar-refractivity contribution in [3.63, 3.8) is 0 Å². The first-order valence-electron chi connectivity index (χ1n) is 12.2. The zero-order valence-electron chi connectivity index (χ0n) is 21.6. The van der Waals surface area contributed by atoms with Gasteiger partial charge in [-0.15, -0.1) is 11.6 Å². The number of nitro groups is 1. The highest BCUT2D eigenvalue weighted by molar-refractivity contribution is 7.90. The van der Waals surface area contributed by atoms with Gasteiger partial charge in [0.1, 0.15) is 18.1 Å². The molecule has 2 heterocycles. The quantitative estimate of drug-likeness (QED) is 0.187. The minimum Gasteiger partial charge on any atom is -0.492 e. The number of aromatic amines is 1. The second kappa shape index (κ2) is 10.1. The van der Waals surface area contributed by atoms with Gasteiger partial charge >= 0.3 is 0 Å². The molecule has 4 aromatic rings. The number of aromatic nitrogens is 1. The number of amides is 1. The number of likely N-dealkylation sites (N-methyl/N-ethyl adjacent to an activating group) is 1. The number of non-ortho nitro benzene ring substituents is 1. The van der Waals surface area contributed by atoms with E-state index in [1.165, 1.54) is 29.2 Å². The molecular formula is C27H27ClN4O6S. The fraction of sp³-hybridized carbons (Fsp3) is 0.296. The van der Waals surface area contributed by atoms with Gasteiger partial charge in [-0.1, -0.05) is 0 Å².